The van der Waals surface area contributed by atoms with Crippen molar-refractivity contribution in [2.75, 3.05) is 0 Å². The second-order valence-corrected chi connectivity index (χ2v) is 5.27. The third kappa shape index (κ3) is 2.70. The lowest BCUT2D eigenvalue weighted by Gasteiger charge is -2.09. The van der Waals surface area contributed by atoms with E-state index >= 15 is 0 Å². The van der Waals surface area contributed by atoms with E-state index in [0.29, 0.717) is 10.9 Å². The van der Waals surface area contributed by atoms with E-state index in [9.17, 15) is 4.79 Å². The summed E-state index contributed by atoms with van der Waals surface area (Å²) in [5, 5.41) is 0.669. The molecule has 3 rings (SSSR count). The lowest BCUT2D eigenvalue weighted by molar-refractivity contribution is 0.774. The number of fused-ring (bicyclic) bond motifs is 1. The Balaban J connectivity index is 2.15. The first-order chi connectivity index (χ1) is 10.7. The average Bonchev–Trinajstić information content (AvgIpc) is 2.55. The Hall–Kier alpha value is -2.68. The van der Waals surface area contributed by atoms with Crippen molar-refractivity contribution in [1.82, 2.24) is 9.55 Å². The molecule has 1 aromatic carbocycles. The van der Waals surface area contributed by atoms with Crippen molar-refractivity contribution in [2.24, 2.45) is 0 Å². The second-order valence-electron chi connectivity index (χ2n) is 5.27. The van der Waals surface area contributed by atoms with Crippen LogP contribution in [0.25, 0.3) is 23.2 Å². The highest BCUT2D eigenvalue weighted by Crippen LogP contribution is 2.13. The number of hydrogen-bond donors (Lipinski definition) is 0. The molecule has 22 heavy (non-hydrogen) atoms. The van der Waals surface area contributed by atoms with E-state index in [0.717, 1.165) is 23.4 Å². The van der Waals surface area contributed by atoms with E-state index in [1.807, 2.05) is 72.3 Å². The molecule has 2 aromatic heterocycles. The molecule has 0 aliphatic rings. The Morgan fingerprint density at radius 2 is 1.86 bits per heavy atom. The van der Waals surface area contributed by atoms with Crippen LogP contribution in [0.1, 0.15) is 23.7 Å². The van der Waals surface area contributed by atoms with Gasteiger partial charge in [0.05, 0.1) is 5.39 Å². The maximum Gasteiger partial charge on any atom is 0.198 e. The minimum Gasteiger partial charge on any atom is -0.332 e. The first-order valence-electron chi connectivity index (χ1n) is 7.43. The van der Waals surface area contributed by atoms with Gasteiger partial charge in [0.2, 0.25) is 0 Å². The molecule has 0 aliphatic heterocycles. The van der Waals surface area contributed by atoms with E-state index in [4.69, 9.17) is 0 Å². The fourth-order valence-electron chi connectivity index (χ4n) is 2.49. The van der Waals surface area contributed by atoms with Gasteiger partial charge in [-0.05, 0) is 37.6 Å². The number of aryl methyl sites for hydroxylation is 2. The van der Waals surface area contributed by atoms with Crippen LogP contribution in [0.4, 0.5) is 0 Å². The number of rotatable bonds is 3. The van der Waals surface area contributed by atoms with Crippen LogP contribution in [0.5, 0.6) is 0 Å². The first-order valence-corrected chi connectivity index (χ1v) is 7.43. The Bertz CT molecular complexity index is 892. The highest BCUT2D eigenvalue weighted by molar-refractivity contribution is 5.80. The molecule has 0 unspecified atom stereocenters. The van der Waals surface area contributed by atoms with Crippen LogP contribution in [-0.4, -0.2) is 9.55 Å². The predicted octanol–water partition coefficient (Wildman–Crippen LogP) is 3.90. The van der Waals surface area contributed by atoms with E-state index in [-0.39, 0.29) is 5.43 Å². The summed E-state index contributed by atoms with van der Waals surface area (Å²) in [4.78, 5) is 17.1. The molecular weight excluding hydrogens is 272 g/mol. The summed E-state index contributed by atoms with van der Waals surface area (Å²) in [7, 11) is 0. The zero-order valence-electron chi connectivity index (χ0n) is 12.8. The highest BCUT2D eigenvalue weighted by Gasteiger charge is 2.07. The SMILES string of the molecule is CCn1cc(/C=C/c2ccccc2)c(=O)c2ccc(C)nc21. The number of pyridine rings is 2. The third-order valence-corrected chi connectivity index (χ3v) is 3.68. The van der Waals surface area contributed by atoms with Gasteiger partial charge in [0.15, 0.2) is 5.43 Å². The molecule has 3 nitrogen and oxygen atoms in total. The molecule has 0 spiro atoms. The van der Waals surface area contributed by atoms with E-state index in [1.165, 1.54) is 0 Å². The molecule has 0 atom stereocenters. The van der Waals surface area contributed by atoms with E-state index < -0.39 is 0 Å². The Kier molecular flexibility index (Phi) is 3.88. The summed E-state index contributed by atoms with van der Waals surface area (Å²) in [5.74, 6) is 0. The number of hydrogen-bond acceptors (Lipinski definition) is 2. The van der Waals surface area contributed by atoms with Crippen LogP contribution >= 0.6 is 0 Å². The van der Waals surface area contributed by atoms with Gasteiger partial charge in [-0.15, -0.1) is 0 Å². The Morgan fingerprint density at radius 1 is 1.09 bits per heavy atom. The maximum absolute atomic E-state index is 12.6. The lowest BCUT2D eigenvalue weighted by atomic mass is 10.1. The molecule has 0 amide bonds. The molecule has 0 fully saturated rings. The zero-order valence-corrected chi connectivity index (χ0v) is 12.8. The first kappa shape index (κ1) is 14.3. The molecule has 0 N–H and O–H groups in total. The van der Waals surface area contributed by atoms with Gasteiger partial charge < -0.3 is 4.57 Å². The molecule has 0 bridgehead atoms. The monoisotopic (exact) mass is 290 g/mol. The molecule has 0 radical (unpaired) electrons. The van der Waals surface area contributed by atoms with Crippen molar-refractivity contribution in [2.45, 2.75) is 20.4 Å². The normalized spacial score (nSPS) is 11.4. The third-order valence-electron chi connectivity index (χ3n) is 3.68. The number of nitrogens with zero attached hydrogens (tertiary/aromatic N) is 2. The van der Waals surface area contributed by atoms with Crippen LogP contribution in [0, 0.1) is 6.92 Å². The van der Waals surface area contributed by atoms with Gasteiger partial charge in [0, 0.05) is 24.0 Å². The summed E-state index contributed by atoms with van der Waals surface area (Å²) in [5.41, 5.74) is 3.46. The van der Waals surface area contributed by atoms with Gasteiger partial charge >= 0.3 is 0 Å². The number of benzene rings is 1. The fraction of sp³-hybridized carbons (Fsp3) is 0.158. The van der Waals surface area contributed by atoms with Crippen LogP contribution in [0.2, 0.25) is 0 Å². The quantitative estimate of drug-likeness (QED) is 0.733. The van der Waals surface area contributed by atoms with Gasteiger partial charge in [0.25, 0.3) is 0 Å². The van der Waals surface area contributed by atoms with Crippen LogP contribution < -0.4 is 5.43 Å². The molecule has 0 saturated heterocycles. The molecule has 0 aliphatic carbocycles. The van der Waals surface area contributed by atoms with Crippen LogP contribution in [-0.2, 0) is 6.54 Å². The fourth-order valence-corrected chi connectivity index (χ4v) is 2.49. The summed E-state index contributed by atoms with van der Waals surface area (Å²) in [6, 6.07) is 13.7. The van der Waals surface area contributed by atoms with Crippen molar-refractivity contribution in [3.63, 3.8) is 0 Å². The van der Waals surface area contributed by atoms with Crippen molar-refractivity contribution >= 4 is 23.2 Å². The van der Waals surface area contributed by atoms with E-state index in [2.05, 4.69) is 11.9 Å². The van der Waals surface area contributed by atoms with Gasteiger partial charge in [-0.2, -0.15) is 0 Å². The van der Waals surface area contributed by atoms with Crippen molar-refractivity contribution in [1.29, 1.82) is 0 Å². The standard InChI is InChI=1S/C19H18N2O/c1-3-21-13-16(11-10-15-7-5-4-6-8-15)18(22)17-12-9-14(2)20-19(17)21/h4-13H,3H2,1-2H3/b11-10+. The Labute approximate surface area is 129 Å². The van der Waals surface area contributed by atoms with Crippen molar-refractivity contribution < 1.29 is 0 Å². The molecule has 2 heterocycles. The van der Waals surface area contributed by atoms with Crippen LogP contribution in [0.3, 0.4) is 0 Å². The number of aromatic nitrogens is 2. The summed E-state index contributed by atoms with van der Waals surface area (Å²) in [6.07, 6.45) is 5.73. The summed E-state index contributed by atoms with van der Waals surface area (Å²) < 4.78 is 2.02. The second kappa shape index (κ2) is 5.98. The highest BCUT2D eigenvalue weighted by atomic mass is 16.1. The minimum absolute atomic E-state index is 0.0272. The molecular formula is C19H18N2O. The van der Waals surface area contributed by atoms with Crippen molar-refractivity contribution in [3.8, 4) is 0 Å². The van der Waals surface area contributed by atoms with Gasteiger partial charge in [-0.3, -0.25) is 4.79 Å². The molecule has 110 valence electrons. The Morgan fingerprint density at radius 3 is 2.59 bits per heavy atom. The topological polar surface area (TPSA) is 34.9 Å². The van der Waals surface area contributed by atoms with Gasteiger partial charge in [-0.1, -0.05) is 36.4 Å². The molecule has 3 heteroatoms. The lowest BCUT2D eigenvalue weighted by Crippen LogP contribution is -2.13. The van der Waals surface area contributed by atoms with Crippen molar-refractivity contribution in [3.05, 3.63) is 75.7 Å². The van der Waals surface area contributed by atoms with E-state index in [1.54, 1.807) is 0 Å². The predicted molar refractivity (Wildman–Crippen MR) is 91.8 cm³/mol. The summed E-state index contributed by atoms with van der Waals surface area (Å²) in [6.45, 7) is 4.77. The van der Waals surface area contributed by atoms with Gasteiger partial charge in [-0.25, -0.2) is 4.98 Å². The summed E-state index contributed by atoms with van der Waals surface area (Å²) >= 11 is 0. The minimum atomic E-state index is 0.0272. The zero-order chi connectivity index (χ0) is 15.5. The largest absolute Gasteiger partial charge is 0.332 e. The average molecular weight is 290 g/mol. The molecule has 0 saturated carbocycles. The maximum atomic E-state index is 12.6. The molecule has 3 aromatic rings. The van der Waals surface area contributed by atoms with Crippen LogP contribution in [0.15, 0.2) is 53.5 Å². The smallest absolute Gasteiger partial charge is 0.198 e. The van der Waals surface area contributed by atoms with Gasteiger partial charge in [0.1, 0.15) is 5.65 Å².